The van der Waals surface area contributed by atoms with E-state index in [2.05, 4.69) is 22.3 Å². The van der Waals surface area contributed by atoms with Crippen LogP contribution in [0.1, 0.15) is 48.5 Å². The molecule has 0 radical (unpaired) electrons. The Hall–Kier alpha value is -0.640. The largest absolute Gasteiger partial charge is 0.330 e. The molecule has 1 heterocycles. The molecule has 20 heavy (non-hydrogen) atoms. The Balaban J connectivity index is 3.35. The Morgan fingerprint density at radius 3 is 1.95 bits per heavy atom. The monoisotopic (exact) mass is 301 g/mol. The first-order valence-corrected chi connectivity index (χ1v) is 8.53. The third-order valence-electron chi connectivity index (χ3n) is 2.55. The predicted octanol–water partition coefficient (Wildman–Crippen LogP) is 4.14. The van der Waals surface area contributed by atoms with Crippen molar-refractivity contribution in [3.8, 4) is 0 Å². The molecule has 116 valence electrons. The summed E-state index contributed by atoms with van der Waals surface area (Å²) in [5, 5.41) is 7.53. The van der Waals surface area contributed by atoms with Gasteiger partial charge in [-0.05, 0) is 54.3 Å². The van der Waals surface area contributed by atoms with Crippen molar-refractivity contribution < 1.29 is 9.05 Å². The standard InChI is InChI=1S/C14H28N3O2P/c1-9-10-20(18-12(2,3)4,19-13(5,6)7)14(8)11-15-17-16-14/h9-10H,1,11H2,2-8H3,(H,15,16). The molecule has 5 nitrogen and oxygen atoms in total. The first-order chi connectivity index (χ1) is 8.93. The lowest BCUT2D eigenvalue weighted by molar-refractivity contribution is 0.0603. The molecule has 0 aromatic heterocycles. The van der Waals surface area contributed by atoms with E-state index in [0.29, 0.717) is 6.54 Å². The summed E-state index contributed by atoms with van der Waals surface area (Å²) in [6.45, 7) is 18.5. The van der Waals surface area contributed by atoms with Crippen molar-refractivity contribution in [2.45, 2.75) is 64.9 Å². The molecule has 0 saturated heterocycles. The quantitative estimate of drug-likeness (QED) is 0.794. The molecule has 0 aliphatic carbocycles. The molecule has 0 fully saturated rings. The van der Waals surface area contributed by atoms with Gasteiger partial charge in [-0.15, -0.1) is 0 Å². The van der Waals surface area contributed by atoms with E-state index >= 15 is 0 Å². The Bertz CT molecular complexity index is 416. The number of hydrogen-bond donors (Lipinski definition) is 1. The van der Waals surface area contributed by atoms with Crippen molar-refractivity contribution in [1.82, 2.24) is 5.43 Å². The summed E-state index contributed by atoms with van der Waals surface area (Å²) in [5.41, 5.74) is 2.40. The van der Waals surface area contributed by atoms with Gasteiger partial charge in [-0.25, -0.2) is 0 Å². The van der Waals surface area contributed by atoms with Crippen LogP contribution in [0.3, 0.4) is 0 Å². The minimum Gasteiger partial charge on any atom is -0.330 e. The molecule has 0 aromatic carbocycles. The van der Waals surface area contributed by atoms with Crippen LogP contribution in [0.2, 0.25) is 0 Å². The van der Waals surface area contributed by atoms with Crippen LogP contribution >= 0.6 is 7.34 Å². The van der Waals surface area contributed by atoms with E-state index < -0.39 is 12.6 Å². The van der Waals surface area contributed by atoms with E-state index in [1.54, 1.807) is 6.08 Å². The fourth-order valence-electron chi connectivity index (χ4n) is 1.92. The number of hydrogen-bond acceptors (Lipinski definition) is 5. The first kappa shape index (κ1) is 17.4. The molecule has 1 aliphatic heterocycles. The molecule has 0 spiro atoms. The molecule has 0 bridgehead atoms. The molecular formula is C14H28N3O2P. The zero-order chi connectivity index (χ0) is 15.7. The van der Waals surface area contributed by atoms with Crippen LogP contribution in [0.25, 0.3) is 0 Å². The van der Waals surface area contributed by atoms with Gasteiger partial charge in [0.05, 0.1) is 17.7 Å². The van der Waals surface area contributed by atoms with Crippen molar-refractivity contribution in [2.24, 2.45) is 10.3 Å². The molecule has 0 saturated carbocycles. The average molecular weight is 301 g/mol. The average Bonchev–Trinajstić information content (AvgIpc) is 2.61. The van der Waals surface area contributed by atoms with Gasteiger partial charge in [0.25, 0.3) is 0 Å². The summed E-state index contributed by atoms with van der Waals surface area (Å²) in [6, 6.07) is 0. The van der Waals surface area contributed by atoms with E-state index in [0.717, 1.165) is 0 Å². The third-order valence-corrected chi connectivity index (χ3v) is 6.41. The van der Waals surface area contributed by atoms with Gasteiger partial charge >= 0.3 is 0 Å². The van der Waals surface area contributed by atoms with Gasteiger partial charge in [-0.1, -0.05) is 17.9 Å². The van der Waals surface area contributed by atoms with Crippen molar-refractivity contribution in [1.29, 1.82) is 0 Å². The lowest BCUT2D eigenvalue weighted by Gasteiger charge is -2.45. The molecule has 1 aliphatic rings. The molecule has 1 rings (SSSR count). The van der Waals surface area contributed by atoms with Gasteiger partial charge < -0.3 is 9.05 Å². The molecule has 1 unspecified atom stereocenters. The maximum Gasteiger partial charge on any atom is 0.154 e. The number of nitrogens with zero attached hydrogens (tertiary/aromatic N) is 2. The molecule has 1 N–H and O–H groups in total. The lowest BCUT2D eigenvalue weighted by atomic mass is 10.2. The van der Waals surface area contributed by atoms with Crippen molar-refractivity contribution >= 4 is 13.1 Å². The van der Waals surface area contributed by atoms with E-state index in [1.165, 1.54) is 0 Å². The maximum absolute atomic E-state index is 6.41. The Kier molecular flexibility index (Phi) is 4.90. The summed E-state index contributed by atoms with van der Waals surface area (Å²) in [4.78, 5) is 0. The van der Waals surface area contributed by atoms with Crippen LogP contribution in [0.5, 0.6) is 0 Å². The van der Waals surface area contributed by atoms with Gasteiger partial charge in [-0.2, -0.15) is 5.11 Å². The van der Waals surface area contributed by atoms with Crippen LogP contribution in [-0.2, 0) is 9.05 Å². The molecule has 6 heteroatoms. The maximum atomic E-state index is 6.41. The summed E-state index contributed by atoms with van der Waals surface area (Å²) in [6.07, 6.45) is 1.75. The summed E-state index contributed by atoms with van der Waals surface area (Å²) < 4.78 is 12.8. The highest BCUT2D eigenvalue weighted by Gasteiger charge is 2.48. The van der Waals surface area contributed by atoms with Gasteiger partial charge in [-0.3, -0.25) is 5.43 Å². The normalized spacial score (nSPS) is 23.6. The summed E-state index contributed by atoms with van der Waals surface area (Å²) >= 11 is 0. The van der Waals surface area contributed by atoms with Gasteiger partial charge in [0.15, 0.2) is 7.34 Å². The van der Waals surface area contributed by atoms with E-state index in [1.807, 2.05) is 54.3 Å². The second-order valence-electron chi connectivity index (χ2n) is 7.17. The van der Waals surface area contributed by atoms with Gasteiger partial charge in [0, 0.05) is 0 Å². The number of rotatable bonds is 4. The van der Waals surface area contributed by atoms with E-state index in [9.17, 15) is 0 Å². The highest BCUT2D eigenvalue weighted by atomic mass is 31.2. The molecule has 1 atom stereocenters. The van der Waals surface area contributed by atoms with Gasteiger partial charge in [0.2, 0.25) is 0 Å². The predicted molar refractivity (Wildman–Crippen MR) is 86.1 cm³/mol. The Morgan fingerprint density at radius 1 is 1.15 bits per heavy atom. The van der Waals surface area contributed by atoms with E-state index in [4.69, 9.17) is 9.05 Å². The second-order valence-corrected chi connectivity index (χ2v) is 10.0. The van der Waals surface area contributed by atoms with Gasteiger partial charge in [0.1, 0.15) is 5.28 Å². The lowest BCUT2D eigenvalue weighted by Crippen LogP contribution is -2.43. The van der Waals surface area contributed by atoms with Crippen LogP contribution in [0.15, 0.2) is 23.0 Å². The first-order valence-electron chi connectivity index (χ1n) is 6.84. The third kappa shape index (κ3) is 4.18. The van der Waals surface area contributed by atoms with Crippen LogP contribution in [0.4, 0.5) is 0 Å². The Morgan fingerprint density at radius 2 is 1.65 bits per heavy atom. The highest BCUT2D eigenvalue weighted by Crippen LogP contribution is 2.64. The van der Waals surface area contributed by atoms with Crippen molar-refractivity contribution in [3.63, 3.8) is 0 Å². The topological polar surface area (TPSA) is 55.2 Å². The SMILES string of the molecule is C=CC=P(OC(C)(C)C)(OC(C)(C)C)C1(C)CN=NN1. The van der Waals surface area contributed by atoms with Crippen molar-refractivity contribution in [2.75, 3.05) is 6.54 Å². The fourth-order valence-corrected chi connectivity index (χ4v) is 5.16. The zero-order valence-corrected chi connectivity index (χ0v) is 14.6. The van der Waals surface area contributed by atoms with Crippen LogP contribution in [-0.4, -0.2) is 28.8 Å². The molecular weight excluding hydrogens is 273 g/mol. The highest BCUT2D eigenvalue weighted by molar-refractivity contribution is 7.67. The van der Waals surface area contributed by atoms with E-state index in [-0.39, 0.29) is 11.2 Å². The smallest absolute Gasteiger partial charge is 0.154 e. The number of allylic oxidation sites excluding steroid dienone is 1. The second kappa shape index (κ2) is 5.63. The molecule has 0 amide bonds. The van der Waals surface area contributed by atoms with Crippen LogP contribution in [0, 0.1) is 0 Å². The van der Waals surface area contributed by atoms with Crippen molar-refractivity contribution in [3.05, 3.63) is 12.7 Å². The zero-order valence-electron chi connectivity index (χ0n) is 13.7. The minimum atomic E-state index is -2.44. The van der Waals surface area contributed by atoms with Crippen LogP contribution < -0.4 is 5.43 Å². The summed E-state index contributed by atoms with van der Waals surface area (Å²) in [7, 11) is -2.44. The molecule has 0 aromatic rings. The summed E-state index contributed by atoms with van der Waals surface area (Å²) in [5.74, 6) is 1.95. The minimum absolute atomic E-state index is 0.341. The fraction of sp³-hybridized carbons (Fsp3) is 0.786. The number of nitrogens with one attached hydrogen (secondary N) is 1. The Labute approximate surface area is 122 Å².